The molecule has 5 unspecified atom stereocenters. The molecule has 0 saturated carbocycles. The third-order valence-electron chi connectivity index (χ3n) is 22.0. The molecule has 1 N–H and O–H groups in total. The maximum absolute atomic E-state index is 10.9. The number of aryl methyl sites for hydroxylation is 3. The molecule has 10 rings (SSSR count). The maximum Gasteiger partial charge on any atom is 0.231 e. The number of hydrogen-bond acceptors (Lipinski definition) is 12. The van der Waals surface area contributed by atoms with Crippen molar-refractivity contribution in [1.29, 1.82) is 0 Å². The fourth-order valence-corrected chi connectivity index (χ4v) is 14.3. The van der Waals surface area contributed by atoms with Crippen molar-refractivity contribution in [1.82, 2.24) is 0 Å². The number of unbranched alkanes of at least 4 members (excludes halogenated alkanes) is 2. The van der Waals surface area contributed by atoms with Crippen molar-refractivity contribution in [2.75, 3.05) is 6.79 Å². The molecule has 0 bridgehead atoms. The van der Waals surface area contributed by atoms with Gasteiger partial charge in [0.25, 0.3) is 0 Å². The van der Waals surface area contributed by atoms with Crippen molar-refractivity contribution in [2.45, 2.75) is 291 Å². The Morgan fingerprint density at radius 3 is 1.78 bits per heavy atom. The van der Waals surface area contributed by atoms with Crippen LogP contribution in [0.3, 0.4) is 0 Å². The third-order valence-corrected chi connectivity index (χ3v) is 22.0. The molecule has 0 saturated heterocycles. The predicted octanol–water partition coefficient (Wildman–Crippen LogP) is 25.6. The minimum Gasteiger partial charge on any atom is -0.454 e. The predicted molar refractivity (Wildman–Crippen MR) is 491 cm³/mol. The van der Waals surface area contributed by atoms with Crippen molar-refractivity contribution in [3.63, 3.8) is 0 Å². The van der Waals surface area contributed by atoms with Crippen LogP contribution in [-0.4, -0.2) is 74.1 Å². The van der Waals surface area contributed by atoms with Crippen molar-refractivity contribution in [3.8, 4) is 11.5 Å². The van der Waals surface area contributed by atoms with Gasteiger partial charge in [0.15, 0.2) is 11.5 Å². The van der Waals surface area contributed by atoms with Gasteiger partial charge < -0.3 is 38.6 Å². The molecular formula is C106H148O12. The van der Waals surface area contributed by atoms with Crippen LogP contribution in [0.25, 0.3) is 12.2 Å². The van der Waals surface area contributed by atoms with Gasteiger partial charge in [0, 0.05) is 40.2 Å². The fourth-order valence-electron chi connectivity index (χ4n) is 14.3. The van der Waals surface area contributed by atoms with Crippen LogP contribution in [0, 0.1) is 45.3 Å². The molecule has 4 aliphatic carbocycles. The van der Waals surface area contributed by atoms with Crippen LogP contribution in [0.2, 0.25) is 0 Å². The van der Waals surface area contributed by atoms with Crippen LogP contribution in [0.5, 0.6) is 11.5 Å². The largest absolute Gasteiger partial charge is 0.454 e. The lowest BCUT2D eigenvalue weighted by atomic mass is 9.66. The number of allylic oxidation sites excluding steroid dienone is 12. The van der Waals surface area contributed by atoms with E-state index in [0.717, 1.165) is 186 Å². The number of rotatable bonds is 31. The number of carbonyl (C=O) groups excluding carboxylic acids is 9. The zero-order valence-corrected chi connectivity index (χ0v) is 75.7. The highest BCUT2D eigenvalue weighted by molar-refractivity contribution is 5.82. The van der Waals surface area contributed by atoms with Gasteiger partial charge in [-0.1, -0.05) is 259 Å². The Labute approximate surface area is 712 Å². The normalized spacial score (nSPS) is 17.2. The average Bonchev–Trinajstić information content (AvgIpc) is 0.980. The fraction of sp³-hybridized carbons (Fsp3) is 0.500. The zero-order valence-electron chi connectivity index (χ0n) is 75.7. The van der Waals surface area contributed by atoms with Gasteiger partial charge in [-0.25, -0.2) is 0 Å². The first-order valence-corrected chi connectivity index (χ1v) is 43.2. The minimum atomic E-state index is -0.555. The van der Waals surface area contributed by atoms with Gasteiger partial charge in [-0.3, -0.25) is 19.2 Å². The maximum atomic E-state index is 10.9. The van der Waals surface area contributed by atoms with E-state index in [0.29, 0.717) is 40.7 Å². The topological polar surface area (TPSA) is 192 Å². The molecule has 12 nitrogen and oxygen atoms in total. The first-order valence-electron chi connectivity index (χ1n) is 43.2. The summed E-state index contributed by atoms with van der Waals surface area (Å²) >= 11 is 0. The molecule has 0 aromatic heterocycles. The smallest absolute Gasteiger partial charge is 0.231 e. The molecule has 0 spiro atoms. The molecular weight excluding hydrogens is 1470 g/mol. The van der Waals surface area contributed by atoms with Crippen molar-refractivity contribution in [2.24, 2.45) is 45.3 Å². The first kappa shape index (κ1) is 105. The molecule has 5 aliphatic rings. The van der Waals surface area contributed by atoms with Crippen molar-refractivity contribution in [3.05, 3.63) is 235 Å². The second-order valence-corrected chi connectivity index (χ2v) is 35.9. The highest BCUT2D eigenvalue weighted by Crippen LogP contribution is 2.44. The first-order chi connectivity index (χ1) is 56.0. The summed E-state index contributed by atoms with van der Waals surface area (Å²) in [5.74, 6) is 2.86. The van der Waals surface area contributed by atoms with E-state index < -0.39 is 5.60 Å². The lowest BCUT2D eigenvalue weighted by molar-refractivity contribution is -0.116. The number of carbonyl (C=O) groups is 9. The van der Waals surface area contributed by atoms with E-state index in [1.807, 2.05) is 127 Å². The van der Waals surface area contributed by atoms with Crippen LogP contribution in [0.4, 0.5) is 0 Å². The molecule has 1 heterocycles. The van der Waals surface area contributed by atoms with Crippen molar-refractivity contribution < 1.29 is 57.7 Å². The van der Waals surface area contributed by atoms with Crippen LogP contribution in [0.15, 0.2) is 191 Å². The quantitative estimate of drug-likeness (QED) is 0.0191. The Morgan fingerprint density at radius 2 is 1.25 bits per heavy atom. The van der Waals surface area contributed by atoms with Gasteiger partial charge in [-0.05, 0) is 279 Å². The second-order valence-electron chi connectivity index (χ2n) is 35.9. The van der Waals surface area contributed by atoms with Gasteiger partial charge in [0.05, 0.1) is 5.60 Å². The summed E-state index contributed by atoms with van der Waals surface area (Å²) in [4.78, 5) is 95.0. The molecule has 5 atom stereocenters. The SMILES string of the molecule is C/C(C=O)=C\c1ccccc1.CC(C)=CCCC1=CCC(C)(C=O)CC1.CC(C=O)Cc1ccc2c(c1)CCC2.CC(CC=O)CCCC(C)(C)O.CC1=C(C=O)C(C)(C)CC=C1.CC1=CCCC(C)(C)C1CCC(C)C=O.CCCCC/C(C=O)=C\c1ccccc1.CCc1ccc(CC(C)(C)C=O)cc1.O=Cc1ccc2c(c1)OCO2. The Kier molecular flexibility index (Phi) is 50.8. The number of aldehydes is 9. The molecule has 5 aromatic carbocycles. The highest BCUT2D eigenvalue weighted by Gasteiger charge is 2.33. The number of fused-ring (bicyclic) bond motifs is 2. The van der Waals surface area contributed by atoms with Crippen LogP contribution < -0.4 is 9.47 Å². The standard InChI is InChI=1S/C14H24O.C14H22O.C14H18O.C13H16O.C13H18O.C10H20O2.C10H14O.C10H10O.C8H6O3/c1-11(10-15)7-8-13-12(2)6-5-9-14(13,3)4;1-12(2)5-4-6-13-7-9-14(3,11-15)10-8-13;1-2-3-5-10-14(12-15)11-13-8-6-4-7-9-13;1-10(9-14)7-11-5-6-12-3-2-4-13(12)8-11;1-4-11-5-7-12(8-6-11)9-13(2,3)10-14;1-9(6-8-11)5-4-7-10(2,3)12;1-8-5-4-6-10(2,3)9(8)7-11;1-9(8-11)7-10-5-3-2-4-6-10;9-4-6-1-2-7-8(3-6)11-5-10-7/h6,10-11,13H,5,7-9H2,1-4H3;5,7,11H,4,6,8-10H2,1-3H3;4,6-9,11-12H,2-3,5,10H2,1H3;5-6,8-10H,2-4,7H2,1H3;5-8,10H,4,9H2,1-3H3;8-9,12H,4-7H2,1-3H3;4-5,7H,6H2,1-3H3;2-8H,1H3;1-4H,5H2/b;;14-11+;;;;;9-7+;. The van der Waals surface area contributed by atoms with E-state index in [-0.39, 0.29) is 34.9 Å². The molecule has 0 amide bonds. The van der Waals surface area contributed by atoms with Gasteiger partial charge in [-0.15, -0.1) is 0 Å². The van der Waals surface area contributed by atoms with E-state index in [4.69, 9.17) is 9.47 Å². The zero-order chi connectivity index (χ0) is 88.2. The summed E-state index contributed by atoms with van der Waals surface area (Å²) in [6, 6.07) is 40.0. The van der Waals surface area contributed by atoms with Gasteiger partial charge in [-0.2, -0.15) is 0 Å². The highest BCUT2D eigenvalue weighted by atomic mass is 16.7. The molecule has 0 fully saturated rings. The lowest BCUT2D eigenvalue weighted by Crippen LogP contribution is -2.28. The summed E-state index contributed by atoms with van der Waals surface area (Å²) in [5.41, 5.74) is 17.4. The van der Waals surface area contributed by atoms with Crippen LogP contribution in [0.1, 0.15) is 303 Å². The summed E-state index contributed by atoms with van der Waals surface area (Å²) in [6.45, 7) is 39.5. The number of aliphatic hydroxyl groups is 1. The molecule has 118 heavy (non-hydrogen) atoms. The van der Waals surface area contributed by atoms with Crippen LogP contribution in [-0.2, 0) is 70.5 Å². The summed E-state index contributed by atoms with van der Waals surface area (Å²) in [6.07, 6.45) is 49.2. The Balaban J connectivity index is 0.000000451. The second kappa shape index (κ2) is 57.1. The number of ether oxygens (including phenoxy) is 2. The van der Waals surface area contributed by atoms with E-state index in [2.05, 4.69) is 143 Å². The third kappa shape index (κ3) is 44.6. The Bertz CT molecular complexity index is 4030. The molecule has 0 radical (unpaired) electrons. The molecule has 5 aromatic rings. The van der Waals surface area contributed by atoms with Gasteiger partial charge in [0.2, 0.25) is 6.79 Å². The van der Waals surface area contributed by atoms with E-state index >= 15 is 0 Å². The number of hydrogen-bond donors (Lipinski definition) is 1. The summed E-state index contributed by atoms with van der Waals surface area (Å²) in [7, 11) is 0. The molecule has 12 heteroatoms. The van der Waals surface area contributed by atoms with E-state index in [1.54, 1.807) is 25.1 Å². The van der Waals surface area contributed by atoms with E-state index in [9.17, 15) is 48.3 Å². The summed E-state index contributed by atoms with van der Waals surface area (Å²) < 4.78 is 10.1. The number of benzene rings is 5. The average molecular weight is 1610 g/mol. The van der Waals surface area contributed by atoms with Gasteiger partial charge in [0.1, 0.15) is 56.6 Å². The molecule has 644 valence electrons. The monoisotopic (exact) mass is 1610 g/mol. The minimum absolute atomic E-state index is 0.0422. The summed E-state index contributed by atoms with van der Waals surface area (Å²) in [5, 5.41) is 9.39. The Hall–Kier alpha value is -9.13. The Morgan fingerprint density at radius 1 is 0.627 bits per heavy atom. The van der Waals surface area contributed by atoms with Crippen molar-refractivity contribution >= 4 is 68.7 Å². The lowest BCUT2D eigenvalue weighted by Gasteiger charge is -2.39. The van der Waals surface area contributed by atoms with Gasteiger partial charge >= 0.3 is 0 Å². The van der Waals surface area contributed by atoms with Crippen LogP contribution >= 0.6 is 0 Å². The molecule has 1 aliphatic heterocycles. The van der Waals surface area contributed by atoms with E-state index in [1.165, 1.54) is 95.9 Å².